The van der Waals surface area contributed by atoms with Gasteiger partial charge in [-0.3, -0.25) is 9.59 Å². The number of amides is 2. The van der Waals surface area contributed by atoms with Crippen LogP contribution in [0, 0.1) is 11.7 Å². The van der Waals surface area contributed by atoms with Gasteiger partial charge >= 0.3 is 0 Å². The number of nitrogens with one attached hydrogen (secondary N) is 2. The van der Waals surface area contributed by atoms with Gasteiger partial charge in [-0.15, -0.1) is 0 Å². The lowest BCUT2D eigenvalue weighted by Gasteiger charge is -2.25. The van der Waals surface area contributed by atoms with Crippen LogP contribution in [0.3, 0.4) is 0 Å². The zero-order valence-electron chi connectivity index (χ0n) is 10.8. The maximum atomic E-state index is 13.4. The van der Waals surface area contributed by atoms with Gasteiger partial charge in [0.1, 0.15) is 11.9 Å². The Labute approximate surface area is 111 Å². The highest BCUT2D eigenvalue weighted by molar-refractivity contribution is 5.97. The normalized spacial score (nSPS) is 16.3. The van der Waals surface area contributed by atoms with Crippen molar-refractivity contribution in [2.75, 3.05) is 5.32 Å². The first-order valence-corrected chi connectivity index (χ1v) is 6.43. The van der Waals surface area contributed by atoms with Gasteiger partial charge in [-0.1, -0.05) is 18.6 Å². The van der Waals surface area contributed by atoms with Gasteiger partial charge in [0.05, 0.1) is 5.69 Å². The molecule has 4 nitrogen and oxygen atoms in total. The van der Waals surface area contributed by atoms with Crippen LogP contribution in [0.25, 0.3) is 0 Å². The average molecular weight is 264 g/mol. The number of halogens is 1. The Kier molecular flexibility index (Phi) is 4.14. The van der Waals surface area contributed by atoms with Gasteiger partial charge in [-0.05, 0) is 31.9 Å². The first-order chi connectivity index (χ1) is 9.08. The van der Waals surface area contributed by atoms with Crippen molar-refractivity contribution in [3.8, 4) is 0 Å². The van der Waals surface area contributed by atoms with Crippen LogP contribution in [0.5, 0.6) is 0 Å². The molecule has 19 heavy (non-hydrogen) atoms. The Hall–Kier alpha value is -1.91. The third-order valence-electron chi connectivity index (χ3n) is 3.36. The molecular weight excluding hydrogens is 247 g/mol. The van der Waals surface area contributed by atoms with E-state index in [2.05, 4.69) is 10.6 Å². The lowest BCUT2D eigenvalue weighted by molar-refractivity contribution is -0.130. The second-order valence-electron chi connectivity index (χ2n) is 4.83. The number of anilines is 1. The van der Waals surface area contributed by atoms with Gasteiger partial charge in [-0.25, -0.2) is 4.39 Å². The van der Waals surface area contributed by atoms with E-state index in [-0.39, 0.29) is 17.5 Å². The van der Waals surface area contributed by atoms with Gasteiger partial charge in [0, 0.05) is 5.92 Å². The second kappa shape index (κ2) is 5.82. The second-order valence-corrected chi connectivity index (χ2v) is 4.83. The zero-order chi connectivity index (χ0) is 13.8. The molecule has 5 heteroatoms. The Morgan fingerprint density at radius 1 is 1.32 bits per heavy atom. The summed E-state index contributed by atoms with van der Waals surface area (Å²) in [5.74, 6) is -0.975. The number of hydrogen-bond acceptors (Lipinski definition) is 2. The Morgan fingerprint density at radius 2 is 2.00 bits per heavy atom. The van der Waals surface area contributed by atoms with Gasteiger partial charge in [-0.2, -0.15) is 0 Å². The smallest absolute Gasteiger partial charge is 0.246 e. The van der Waals surface area contributed by atoms with Crippen molar-refractivity contribution >= 4 is 17.5 Å². The molecule has 1 saturated carbocycles. The van der Waals surface area contributed by atoms with Crippen LogP contribution in [0.1, 0.15) is 26.2 Å². The molecular formula is C14H17FN2O2. The molecule has 0 aromatic heterocycles. The topological polar surface area (TPSA) is 58.2 Å². The molecule has 1 fully saturated rings. The molecule has 1 unspecified atom stereocenters. The minimum absolute atomic E-state index is 0.0312. The van der Waals surface area contributed by atoms with E-state index in [1.165, 1.54) is 12.1 Å². The molecule has 1 aromatic rings. The molecule has 0 radical (unpaired) electrons. The van der Waals surface area contributed by atoms with E-state index in [4.69, 9.17) is 0 Å². The summed E-state index contributed by atoms with van der Waals surface area (Å²) < 4.78 is 13.4. The number of carbonyl (C=O) groups excluding carboxylic acids is 2. The van der Waals surface area contributed by atoms with Crippen LogP contribution in [0.2, 0.25) is 0 Å². The standard InChI is InChI=1S/C14H17FN2O2/c1-9(16-14(19)10-5-4-6-10)13(18)17-12-8-3-2-7-11(12)15/h2-3,7-10H,4-6H2,1H3,(H,16,19)(H,17,18). The first kappa shape index (κ1) is 13.5. The molecule has 2 amide bonds. The van der Waals surface area contributed by atoms with Crippen molar-refractivity contribution in [2.45, 2.75) is 32.2 Å². The lowest BCUT2D eigenvalue weighted by Crippen LogP contribution is -2.45. The van der Waals surface area contributed by atoms with Crippen LogP contribution >= 0.6 is 0 Å². The molecule has 102 valence electrons. The molecule has 1 atom stereocenters. The van der Waals surface area contributed by atoms with Gasteiger partial charge in [0.25, 0.3) is 0 Å². The van der Waals surface area contributed by atoms with E-state index >= 15 is 0 Å². The number of rotatable bonds is 4. The van der Waals surface area contributed by atoms with Crippen molar-refractivity contribution in [2.24, 2.45) is 5.92 Å². The Balaban J connectivity index is 1.88. The van der Waals surface area contributed by atoms with Crippen LogP contribution in [-0.4, -0.2) is 17.9 Å². The van der Waals surface area contributed by atoms with Crippen LogP contribution < -0.4 is 10.6 Å². The van der Waals surface area contributed by atoms with Gasteiger partial charge in [0.2, 0.25) is 11.8 Å². The molecule has 1 aromatic carbocycles. The third-order valence-corrected chi connectivity index (χ3v) is 3.36. The fraction of sp³-hybridized carbons (Fsp3) is 0.429. The van der Waals surface area contributed by atoms with Crippen LogP contribution in [-0.2, 0) is 9.59 Å². The predicted molar refractivity (Wildman–Crippen MR) is 70.0 cm³/mol. The molecule has 0 bridgehead atoms. The fourth-order valence-electron chi connectivity index (χ4n) is 1.87. The minimum Gasteiger partial charge on any atom is -0.344 e. The number of hydrogen-bond donors (Lipinski definition) is 2. The molecule has 1 aliphatic carbocycles. The highest BCUT2D eigenvalue weighted by Gasteiger charge is 2.27. The van der Waals surface area contributed by atoms with Gasteiger partial charge in [0.15, 0.2) is 0 Å². The number of para-hydroxylation sites is 1. The van der Waals surface area contributed by atoms with E-state index in [0.717, 1.165) is 19.3 Å². The maximum Gasteiger partial charge on any atom is 0.246 e. The van der Waals surface area contributed by atoms with Crippen molar-refractivity contribution in [1.29, 1.82) is 0 Å². The number of benzene rings is 1. The summed E-state index contributed by atoms with van der Waals surface area (Å²) in [6, 6.07) is 5.26. The summed E-state index contributed by atoms with van der Waals surface area (Å²) in [6.07, 6.45) is 2.83. The zero-order valence-corrected chi connectivity index (χ0v) is 10.8. The molecule has 2 N–H and O–H groups in total. The first-order valence-electron chi connectivity index (χ1n) is 6.43. The average Bonchev–Trinajstić information content (AvgIpc) is 2.29. The molecule has 0 heterocycles. The largest absolute Gasteiger partial charge is 0.344 e. The number of carbonyl (C=O) groups is 2. The van der Waals surface area contributed by atoms with E-state index in [1.54, 1.807) is 19.1 Å². The van der Waals surface area contributed by atoms with Crippen molar-refractivity contribution < 1.29 is 14.0 Å². The van der Waals surface area contributed by atoms with E-state index in [9.17, 15) is 14.0 Å². The monoisotopic (exact) mass is 264 g/mol. The quantitative estimate of drug-likeness (QED) is 0.874. The van der Waals surface area contributed by atoms with E-state index in [0.29, 0.717) is 0 Å². The summed E-state index contributed by atoms with van der Waals surface area (Å²) in [5, 5.41) is 5.11. The molecule has 1 aliphatic rings. The Morgan fingerprint density at radius 3 is 2.58 bits per heavy atom. The predicted octanol–water partition coefficient (Wildman–Crippen LogP) is 2.07. The molecule has 0 spiro atoms. The third kappa shape index (κ3) is 3.30. The minimum atomic E-state index is -0.673. The summed E-state index contributed by atoms with van der Waals surface area (Å²) in [6.45, 7) is 1.59. The van der Waals surface area contributed by atoms with Crippen molar-refractivity contribution in [3.63, 3.8) is 0 Å². The molecule has 2 rings (SSSR count). The highest BCUT2D eigenvalue weighted by Crippen LogP contribution is 2.26. The van der Waals surface area contributed by atoms with Gasteiger partial charge < -0.3 is 10.6 Å². The van der Waals surface area contributed by atoms with E-state index in [1.807, 2.05) is 0 Å². The summed E-state index contributed by atoms with van der Waals surface area (Å²) in [4.78, 5) is 23.5. The fourth-order valence-corrected chi connectivity index (χ4v) is 1.87. The SMILES string of the molecule is CC(NC(=O)C1CCC1)C(=O)Nc1ccccc1F. The lowest BCUT2D eigenvalue weighted by atomic mass is 9.84. The molecule has 0 saturated heterocycles. The van der Waals surface area contributed by atoms with Crippen molar-refractivity contribution in [1.82, 2.24) is 5.32 Å². The molecule has 0 aliphatic heterocycles. The highest BCUT2D eigenvalue weighted by atomic mass is 19.1. The summed E-state index contributed by atoms with van der Waals surface area (Å²) in [7, 11) is 0. The summed E-state index contributed by atoms with van der Waals surface area (Å²) >= 11 is 0. The van der Waals surface area contributed by atoms with Crippen LogP contribution in [0.15, 0.2) is 24.3 Å². The Bertz CT molecular complexity index is 486. The van der Waals surface area contributed by atoms with Crippen LogP contribution in [0.4, 0.5) is 10.1 Å². The van der Waals surface area contributed by atoms with Crippen molar-refractivity contribution in [3.05, 3.63) is 30.1 Å². The maximum absolute atomic E-state index is 13.4. The van der Waals surface area contributed by atoms with E-state index < -0.39 is 17.8 Å². The summed E-state index contributed by atoms with van der Waals surface area (Å²) in [5.41, 5.74) is 0.122.